The lowest BCUT2D eigenvalue weighted by atomic mass is 10.1. The van der Waals surface area contributed by atoms with E-state index in [1.807, 2.05) is 0 Å². The molecule has 0 unspecified atom stereocenters. The quantitative estimate of drug-likeness (QED) is 0.707. The fourth-order valence-corrected chi connectivity index (χ4v) is 2.39. The highest BCUT2D eigenvalue weighted by Crippen LogP contribution is 2.27. The Bertz CT molecular complexity index is 1200. The van der Waals surface area contributed by atoms with Crippen LogP contribution in [0.25, 0.3) is 16.9 Å². The maximum Gasteiger partial charge on any atom is 0.343 e. The molecule has 9 heteroatoms. The Kier molecular flexibility index (Phi) is 2.92. The average molecular weight is 361 g/mol. The number of methoxy groups -OCH3 is 2. The Morgan fingerprint density at radius 1 is 1.27 bits per heavy atom. The first kappa shape index (κ1) is 11.2. The Balaban J connectivity index is 2.10. The topological polar surface area (TPSA) is 108 Å². The predicted molar refractivity (Wildman–Crippen MR) is 93.2 cm³/mol. The van der Waals surface area contributed by atoms with Gasteiger partial charge in [-0.1, -0.05) is 0 Å². The van der Waals surface area contributed by atoms with E-state index in [0.29, 0.717) is 11.3 Å². The molecule has 1 N–H and O–H groups in total. The third kappa shape index (κ3) is 3.18. The second-order valence-electron chi connectivity index (χ2n) is 5.29. The van der Waals surface area contributed by atoms with E-state index in [1.54, 1.807) is 12.1 Å². The molecule has 3 rings (SSSR count). The molecule has 9 nitrogen and oxygen atoms in total. The smallest absolute Gasteiger partial charge is 0.343 e. The summed E-state index contributed by atoms with van der Waals surface area (Å²) in [6.45, 7) is 2.86. The standard InChI is InChI=1S/C17H17N5O4/c1-9-11(7-12(17(24)26-4)16(18-9)25-3)13-5-6-15-20-14(19-10(2)23)8-22(15)21-13/h5-8H,1-4H3,(H,19,23)/i3D3,4D3. The highest BCUT2D eigenvalue weighted by molar-refractivity contribution is 5.93. The van der Waals surface area contributed by atoms with Gasteiger partial charge in [0.25, 0.3) is 0 Å². The van der Waals surface area contributed by atoms with Gasteiger partial charge in [-0.2, -0.15) is 5.10 Å². The van der Waals surface area contributed by atoms with Crippen molar-refractivity contribution in [3.63, 3.8) is 0 Å². The van der Waals surface area contributed by atoms with Gasteiger partial charge in [-0.25, -0.2) is 19.3 Å². The van der Waals surface area contributed by atoms with Gasteiger partial charge in [-0.3, -0.25) is 4.79 Å². The molecule has 0 atom stereocenters. The minimum absolute atomic E-state index is 0.253. The molecule has 0 aliphatic carbocycles. The van der Waals surface area contributed by atoms with Gasteiger partial charge in [0, 0.05) is 12.5 Å². The maximum absolute atomic E-state index is 12.4. The number of hydrogen-bond acceptors (Lipinski definition) is 7. The van der Waals surface area contributed by atoms with Crippen molar-refractivity contribution >= 4 is 23.3 Å². The molecule has 0 fully saturated rings. The molecule has 3 aromatic rings. The van der Waals surface area contributed by atoms with E-state index in [9.17, 15) is 9.59 Å². The molecule has 3 aromatic heterocycles. The highest BCUT2D eigenvalue weighted by atomic mass is 16.5. The number of hydrogen-bond donors (Lipinski definition) is 1. The first-order valence-electron chi connectivity index (χ1n) is 10.3. The summed E-state index contributed by atoms with van der Waals surface area (Å²) in [5.41, 5.74) is 0.773. The number of aryl methyl sites for hydroxylation is 1. The highest BCUT2D eigenvalue weighted by Gasteiger charge is 2.19. The molecule has 26 heavy (non-hydrogen) atoms. The summed E-state index contributed by atoms with van der Waals surface area (Å²) in [5.74, 6) is -1.97. The maximum atomic E-state index is 12.4. The third-order valence-corrected chi connectivity index (χ3v) is 3.49. The largest absolute Gasteiger partial charge is 0.480 e. The normalized spacial score (nSPS) is 15.0. The second kappa shape index (κ2) is 6.79. The van der Waals surface area contributed by atoms with Crippen molar-refractivity contribution in [1.29, 1.82) is 0 Å². The minimum Gasteiger partial charge on any atom is -0.480 e. The molecular formula is C17H17N5O4. The third-order valence-electron chi connectivity index (χ3n) is 3.49. The molecule has 0 aromatic carbocycles. The molecular weight excluding hydrogens is 338 g/mol. The van der Waals surface area contributed by atoms with Crippen LogP contribution in [0.1, 0.15) is 31.2 Å². The average Bonchev–Trinajstić information content (AvgIpc) is 2.99. The molecule has 1 amide bonds. The van der Waals surface area contributed by atoms with Gasteiger partial charge in [0.1, 0.15) is 5.56 Å². The predicted octanol–water partition coefficient (Wildman–Crippen LogP) is 1.85. The van der Waals surface area contributed by atoms with Gasteiger partial charge >= 0.3 is 5.97 Å². The lowest BCUT2D eigenvalue weighted by Crippen LogP contribution is -2.08. The number of anilines is 1. The monoisotopic (exact) mass is 361 g/mol. The molecule has 0 saturated carbocycles. The number of carbonyl (C=O) groups excluding carboxylic acids is 2. The molecule has 134 valence electrons. The van der Waals surface area contributed by atoms with Crippen molar-refractivity contribution in [3.05, 3.63) is 35.7 Å². The summed E-state index contributed by atoms with van der Waals surface area (Å²) in [4.78, 5) is 31.9. The SMILES string of the molecule is [2H]C([2H])([2H])OC(=O)c1cc(-c2ccc3nc(NC(C)=O)cn3n2)c(C)nc1OC([2H])([2H])[2H]. The van der Waals surface area contributed by atoms with Crippen molar-refractivity contribution in [2.45, 2.75) is 13.8 Å². The first-order valence-corrected chi connectivity index (χ1v) is 7.30. The molecule has 3 heterocycles. The van der Waals surface area contributed by atoms with Crippen molar-refractivity contribution in [2.24, 2.45) is 0 Å². The van der Waals surface area contributed by atoms with Crippen molar-refractivity contribution in [3.8, 4) is 17.1 Å². The van der Waals surface area contributed by atoms with Crippen LogP contribution in [0.2, 0.25) is 0 Å². The number of imidazole rings is 1. The van der Waals surface area contributed by atoms with Gasteiger partial charge < -0.3 is 14.8 Å². The van der Waals surface area contributed by atoms with Crippen LogP contribution in [0.3, 0.4) is 0 Å². The second-order valence-corrected chi connectivity index (χ2v) is 5.29. The summed E-state index contributed by atoms with van der Waals surface area (Å²) in [7, 11) is -6.00. The number of nitrogens with zero attached hydrogens (tertiary/aromatic N) is 4. The number of pyridine rings is 1. The van der Waals surface area contributed by atoms with Crippen LogP contribution in [0.15, 0.2) is 24.4 Å². The first-order chi connectivity index (χ1) is 14.7. The number of esters is 1. The van der Waals surface area contributed by atoms with Gasteiger partial charge in [0.05, 0.1) is 39.9 Å². The molecule has 0 spiro atoms. The zero-order valence-corrected chi connectivity index (χ0v) is 13.7. The summed E-state index contributed by atoms with van der Waals surface area (Å²) >= 11 is 0. The van der Waals surface area contributed by atoms with Crippen LogP contribution >= 0.6 is 0 Å². The van der Waals surface area contributed by atoms with E-state index in [-0.39, 0.29) is 23.0 Å². The van der Waals surface area contributed by atoms with Gasteiger partial charge in [0.2, 0.25) is 11.8 Å². The van der Waals surface area contributed by atoms with E-state index in [4.69, 9.17) is 13.0 Å². The molecule has 0 aliphatic heterocycles. The van der Waals surface area contributed by atoms with Gasteiger partial charge in [0.15, 0.2) is 11.5 Å². The van der Waals surface area contributed by atoms with Crippen LogP contribution in [0, 0.1) is 6.92 Å². The Hall–Kier alpha value is -3.49. The van der Waals surface area contributed by atoms with Crippen LogP contribution in [0.4, 0.5) is 5.82 Å². The summed E-state index contributed by atoms with van der Waals surface area (Å²) < 4.78 is 53.8. The number of carbonyl (C=O) groups is 2. The van der Waals surface area contributed by atoms with Crippen molar-refractivity contribution in [1.82, 2.24) is 19.6 Å². The number of amides is 1. The van der Waals surface area contributed by atoms with E-state index in [0.717, 1.165) is 0 Å². The fraction of sp³-hybridized carbons (Fsp3) is 0.235. The fourth-order valence-electron chi connectivity index (χ4n) is 2.39. The zero-order valence-electron chi connectivity index (χ0n) is 19.7. The number of fused-ring (bicyclic) bond motifs is 1. The van der Waals surface area contributed by atoms with E-state index >= 15 is 0 Å². The van der Waals surface area contributed by atoms with Crippen molar-refractivity contribution in [2.75, 3.05) is 19.4 Å². The van der Waals surface area contributed by atoms with Crippen LogP contribution in [0.5, 0.6) is 5.88 Å². The van der Waals surface area contributed by atoms with Gasteiger partial charge in [-0.05, 0) is 25.1 Å². The molecule has 0 aliphatic rings. The van der Waals surface area contributed by atoms with Crippen LogP contribution < -0.4 is 10.1 Å². The summed E-state index contributed by atoms with van der Waals surface area (Å²) in [6, 6.07) is 4.35. The van der Waals surface area contributed by atoms with Crippen LogP contribution in [-0.2, 0) is 9.53 Å². The minimum atomic E-state index is -3.06. The van der Waals surface area contributed by atoms with E-state index < -0.39 is 31.5 Å². The number of rotatable bonds is 4. The number of ether oxygens (including phenoxy) is 2. The molecule has 0 saturated heterocycles. The number of nitrogens with one attached hydrogen (secondary N) is 1. The lowest BCUT2D eigenvalue weighted by molar-refractivity contribution is -0.114. The Morgan fingerprint density at radius 3 is 2.85 bits per heavy atom. The Labute approximate surface area is 157 Å². The number of aromatic nitrogens is 4. The van der Waals surface area contributed by atoms with Gasteiger partial charge in [-0.15, -0.1) is 0 Å². The zero-order chi connectivity index (χ0) is 23.8. The van der Waals surface area contributed by atoms with E-state index in [2.05, 4.69) is 25.1 Å². The van der Waals surface area contributed by atoms with Crippen LogP contribution in [-0.4, -0.2) is 45.5 Å². The molecule has 0 bridgehead atoms. The van der Waals surface area contributed by atoms with Crippen molar-refractivity contribution < 1.29 is 27.3 Å². The van der Waals surface area contributed by atoms with E-state index in [1.165, 1.54) is 30.6 Å². The Morgan fingerprint density at radius 2 is 2.12 bits per heavy atom. The summed E-state index contributed by atoms with van der Waals surface area (Å²) in [6.07, 6.45) is 1.47. The summed E-state index contributed by atoms with van der Waals surface area (Å²) in [5, 5.41) is 6.89. The molecule has 0 radical (unpaired) electrons. The lowest BCUT2D eigenvalue weighted by Gasteiger charge is -2.11.